The van der Waals surface area contributed by atoms with Crippen LogP contribution in [0.1, 0.15) is 24.8 Å². The highest BCUT2D eigenvalue weighted by atomic mass is 35.5. The molecule has 0 radical (unpaired) electrons. The van der Waals surface area contributed by atoms with E-state index in [0.717, 1.165) is 63.7 Å². The van der Waals surface area contributed by atoms with E-state index in [-0.39, 0.29) is 11.8 Å². The molecule has 2 fully saturated rings. The Kier molecular flexibility index (Phi) is 7.50. The minimum absolute atomic E-state index is 0.0750. The van der Waals surface area contributed by atoms with Crippen molar-refractivity contribution in [3.05, 3.63) is 34.9 Å². The quantitative estimate of drug-likeness (QED) is 0.682. The summed E-state index contributed by atoms with van der Waals surface area (Å²) in [6.45, 7) is 7.31. The van der Waals surface area contributed by atoms with Crippen LogP contribution < -0.4 is 5.32 Å². The van der Waals surface area contributed by atoms with E-state index in [9.17, 15) is 9.59 Å². The first-order chi connectivity index (χ1) is 13.1. The first kappa shape index (κ1) is 20.1. The zero-order valence-electron chi connectivity index (χ0n) is 15.8. The average molecular weight is 393 g/mol. The second kappa shape index (κ2) is 10.1. The molecular weight excluding hydrogens is 364 g/mol. The van der Waals surface area contributed by atoms with Crippen LogP contribution in [0, 0.1) is 0 Å². The smallest absolute Gasteiger partial charge is 0.234 e. The molecule has 6 nitrogen and oxygen atoms in total. The van der Waals surface area contributed by atoms with Crippen molar-refractivity contribution in [2.75, 3.05) is 52.4 Å². The van der Waals surface area contributed by atoms with Gasteiger partial charge >= 0.3 is 0 Å². The molecule has 27 heavy (non-hydrogen) atoms. The van der Waals surface area contributed by atoms with E-state index in [1.54, 1.807) is 0 Å². The molecule has 0 spiro atoms. The highest BCUT2D eigenvalue weighted by Gasteiger charge is 2.20. The summed E-state index contributed by atoms with van der Waals surface area (Å²) in [7, 11) is 0. The van der Waals surface area contributed by atoms with Gasteiger partial charge in [0.15, 0.2) is 0 Å². The van der Waals surface area contributed by atoms with Gasteiger partial charge in [-0.05, 0) is 30.5 Å². The summed E-state index contributed by atoms with van der Waals surface area (Å²) in [6.07, 6.45) is 2.47. The Labute approximate surface area is 166 Å². The van der Waals surface area contributed by atoms with E-state index >= 15 is 0 Å². The molecule has 0 atom stereocenters. The van der Waals surface area contributed by atoms with Gasteiger partial charge in [0.2, 0.25) is 11.8 Å². The third kappa shape index (κ3) is 6.48. The van der Waals surface area contributed by atoms with Gasteiger partial charge in [-0.25, -0.2) is 0 Å². The summed E-state index contributed by atoms with van der Waals surface area (Å²) in [5.41, 5.74) is 1.23. The van der Waals surface area contributed by atoms with E-state index in [0.29, 0.717) is 19.5 Å². The third-order valence-electron chi connectivity index (χ3n) is 5.23. The van der Waals surface area contributed by atoms with Crippen molar-refractivity contribution in [3.8, 4) is 0 Å². The van der Waals surface area contributed by atoms with Crippen LogP contribution in [0.2, 0.25) is 5.02 Å². The first-order valence-electron chi connectivity index (χ1n) is 9.84. The summed E-state index contributed by atoms with van der Waals surface area (Å²) < 4.78 is 0. The number of carbonyl (C=O) groups is 2. The molecule has 1 N–H and O–H groups in total. The molecule has 2 aliphatic heterocycles. The summed E-state index contributed by atoms with van der Waals surface area (Å²) in [5.74, 6) is 0.322. The van der Waals surface area contributed by atoms with Crippen LogP contribution in [0.25, 0.3) is 0 Å². The van der Waals surface area contributed by atoms with Gasteiger partial charge in [-0.15, -0.1) is 0 Å². The zero-order chi connectivity index (χ0) is 19.1. The molecule has 2 heterocycles. The Morgan fingerprint density at radius 1 is 1.11 bits per heavy atom. The summed E-state index contributed by atoms with van der Waals surface area (Å²) in [4.78, 5) is 30.2. The maximum atomic E-state index is 12.1. The Hall–Kier alpha value is -1.63. The molecule has 1 aromatic rings. The van der Waals surface area contributed by atoms with Crippen LogP contribution in [0.5, 0.6) is 0 Å². The lowest BCUT2D eigenvalue weighted by molar-refractivity contribution is -0.127. The summed E-state index contributed by atoms with van der Waals surface area (Å²) in [5, 5.41) is 3.75. The molecule has 0 saturated carbocycles. The predicted octanol–water partition coefficient (Wildman–Crippen LogP) is 1.59. The number of amides is 2. The number of hydrogen-bond donors (Lipinski definition) is 1. The van der Waals surface area contributed by atoms with Gasteiger partial charge in [-0.3, -0.25) is 19.4 Å². The van der Waals surface area contributed by atoms with Gasteiger partial charge in [0.05, 0.1) is 6.54 Å². The van der Waals surface area contributed by atoms with Gasteiger partial charge in [-0.2, -0.15) is 0 Å². The molecule has 2 amide bonds. The number of likely N-dealkylation sites (tertiary alicyclic amines) is 1. The molecule has 0 unspecified atom stereocenters. The fourth-order valence-corrected chi connectivity index (χ4v) is 3.91. The number of rotatable bonds is 8. The normalized spacial score (nSPS) is 18.9. The van der Waals surface area contributed by atoms with E-state index in [4.69, 9.17) is 11.6 Å². The average Bonchev–Trinajstić information content (AvgIpc) is 3.05. The molecule has 0 aliphatic carbocycles. The van der Waals surface area contributed by atoms with Gasteiger partial charge in [0, 0.05) is 63.8 Å². The third-order valence-corrected chi connectivity index (χ3v) is 5.46. The summed E-state index contributed by atoms with van der Waals surface area (Å²) >= 11 is 6.05. The predicted molar refractivity (Wildman–Crippen MR) is 107 cm³/mol. The maximum absolute atomic E-state index is 12.1. The number of nitrogens with zero attached hydrogens (tertiary/aromatic N) is 3. The standard InChI is InChI=1S/C20H29ClN4O2/c21-18-5-1-4-17(14-18)15-23-10-12-24(13-11-23)16-19(26)22-7-3-9-25-8-2-6-20(25)27/h1,4-5,14H,2-3,6-13,15-16H2,(H,22,26). The summed E-state index contributed by atoms with van der Waals surface area (Å²) in [6, 6.07) is 7.99. The van der Waals surface area contributed by atoms with Crippen LogP contribution >= 0.6 is 11.6 Å². The van der Waals surface area contributed by atoms with Gasteiger partial charge in [-0.1, -0.05) is 23.7 Å². The molecule has 2 saturated heterocycles. The molecular formula is C20H29ClN4O2. The van der Waals surface area contributed by atoms with Crippen LogP contribution in [-0.2, 0) is 16.1 Å². The molecule has 7 heteroatoms. The van der Waals surface area contributed by atoms with Gasteiger partial charge in [0.25, 0.3) is 0 Å². The molecule has 1 aromatic carbocycles. The number of nitrogens with one attached hydrogen (secondary N) is 1. The Balaban J connectivity index is 1.28. The van der Waals surface area contributed by atoms with Crippen molar-refractivity contribution in [2.45, 2.75) is 25.8 Å². The second-order valence-corrected chi connectivity index (χ2v) is 7.81. The van der Waals surface area contributed by atoms with Crippen molar-refractivity contribution in [3.63, 3.8) is 0 Å². The lowest BCUT2D eigenvalue weighted by Gasteiger charge is -2.34. The van der Waals surface area contributed by atoms with Gasteiger partial charge < -0.3 is 10.2 Å². The topological polar surface area (TPSA) is 55.9 Å². The van der Waals surface area contributed by atoms with E-state index in [1.807, 2.05) is 23.1 Å². The lowest BCUT2D eigenvalue weighted by atomic mass is 10.2. The monoisotopic (exact) mass is 392 g/mol. The largest absolute Gasteiger partial charge is 0.355 e. The van der Waals surface area contributed by atoms with Gasteiger partial charge in [0.1, 0.15) is 0 Å². The molecule has 2 aliphatic rings. The number of piperazine rings is 1. The highest BCUT2D eigenvalue weighted by molar-refractivity contribution is 6.30. The van der Waals surface area contributed by atoms with Crippen LogP contribution in [0.4, 0.5) is 0 Å². The van der Waals surface area contributed by atoms with Crippen molar-refractivity contribution in [2.24, 2.45) is 0 Å². The minimum Gasteiger partial charge on any atom is -0.355 e. The van der Waals surface area contributed by atoms with Crippen LogP contribution in [-0.4, -0.2) is 78.9 Å². The Bertz CT molecular complexity index is 647. The zero-order valence-corrected chi connectivity index (χ0v) is 16.6. The van der Waals surface area contributed by atoms with E-state index in [2.05, 4.69) is 21.2 Å². The van der Waals surface area contributed by atoms with Crippen LogP contribution in [0.15, 0.2) is 24.3 Å². The molecule has 3 rings (SSSR count). The molecule has 148 valence electrons. The number of benzene rings is 1. The Morgan fingerprint density at radius 3 is 2.59 bits per heavy atom. The van der Waals surface area contributed by atoms with Crippen molar-refractivity contribution >= 4 is 23.4 Å². The first-order valence-corrected chi connectivity index (χ1v) is 10.2. The fraction of sp³-hybridized carbons (Fsp3) is 0.600. The number of halogens is 1. The SMILES string of the molecule is O=C(CN1CCN(Cc2cccc(Cl)c2)CC1)NCCCN1CCCC1=O. The van der Waals surface area contributed by atoms with Crippen molar-refractivity contribution < 1.29 is 9.59 Å². The van der Waals surface area contributed by atoms with E-state index in [1.165, 1.54) is 5.56 Å². The second-order valence-electron chi connectivity index (χ2n) is 7.37. The maximum Gasteiger partial charge on any atom is 0.234 e. The minimum atomic E-state index is 0.0750. The Morgan fingerprint density at radius 2 is 1.89 bits per heavy atom. The van der Waals surface area contributed by atoms with Crippen molar-refractivity contribution in [1.82, 2.24) is 20.0 Å². The van der Waals surface area contributed by atoms with Crippen molar-refractivity contribution in [1.29, 1.82) is 0 Å². The lowest BCUT2D eigenvalue weighted by Crippen LogP contribution is -2.49. The molecule has 0 bridgehead atoms. The molecule has 0 aromatic heterocycles. The fourth-order valence-electron chi connectivity index (χ4n) is 3.70. The number of hydrogen-bond acceptors (Lipinski definition) is 4. The van der Waals surface area contributed by atoms with Crippen LogP contribution in [0.3, 0.4) is 0 Å². The van der Waals surface area contributed by atoms with E-state index < -0.39 is 0 Å². The number of carbonyl (C=O) groups excluding carboxylic acids is 2. The highest BCUT2D eigenvalue weighted by Crippen LogP contribution is 2.14.